The van der Waals surface area contributed by atoms with Gasteiger partial charge in [-0.1, -0.05) is 0 Å². The Morgan fingerprint density at radius 3 is 2.69 bits per heavy atom. The van der Waals surface area contributed by atoms with Gasteiger partial charge < -0.3 is 15.0 Å². The van der Waals surface area contributed by atoms with Crippen LogP contribution in [0.3, 0.4) is 0 Å². The lowest BCUT2D eigenvalue weighted by Crippen LogP contribution is -2.43. The first kappa shape index (κ1) is 13.5. The van der Waals surface area contributed by atoms with Gasteiger partial charge in [0.1, 0.15) is 0 Å². The van der Waals surface area contributed by atoms with Crippen LogP contribution in [0.5, 0.6) is 0 Å². The van der Waals surface area contributed by atoms with E-state index < -0.39 is 0 Å². The molecule has 0 spiro atoms. The van der Waals surface area contributed by atoms with E-state index in [0.717, 1.165) is 13.2 Å². The first-order valence-electron chi connectivity index (χ1n) is 6.29. The van der Waals surface area contributed by atoms with E-state index in [4.69, 9.17) is 4.74 Å². The average Bonchev–Trinajstić information content (AvgIpc) is 3.08. The van der Waals surface area contributed by atoms with Crippen molar-refractivity contribution in [3.63, 3.8) is 0 Å². The van der Waals surface area contributed by atoms with E-state index in [1.807, 2.05) is 25.7 Å². The topological polar surface area (TPSA) is 41.6 Å². The number of amides is 1. The van der Waals surface area contributed by atoms with Crippen molar-refractivity contribution in [2.75, 3.05) is 26.3 Å². The molecule has 1 aliphatic rings. The Morgan fingerprint density at radius 1 is 1.50 bits per heavy atom. The molecule has 1 amide bonds. The summed E-state index contributed by atoms with van der Waals surface area (Å²) in [5.74, 6) is 0.216. The van der Waals surface area contributed by atoms with E-state index in [1.54, 1.807) is 0 Å². The first-order valence-corrected chi connectivity index (χ1v) is 6.29. The Bertz CT molecular complexity index is 217. The molecule has 94 valence electrons. The summed E-state index contributed by atoms with van der Waals surface area (Å²) < 4.78 is 5.29. The highest BCUT2D eigenvalue weighted by Crippen LogP contribution is 2.26. The van der Waals surface area contributed by atoms with E-state index in [-0.39, 0.29) is 11.9 Å². The quantitative estimate of drug-likeness (QED) is 0.674. The third-order valence-electron chi connectivity index (χ3n) is 2.82. The number of hydrogen-bond acceptors (Lipinski definition) is 3. The Balaban J connectivity index is 2.17. The molecule has 0 bridgehead atoms. The first-order chi connectivity index (χ1) is 7.69. The van der Waals surface area contributed by atoms with Gasteiger partial charge in [-0.15, -0.1) is 0 Å². The summed E-state index contributed by atoms with van der Waals surface area (Å²) in [6, 6.07) is 0.753. The van der Waals surface area contributed by atoms with Crippen LogP contribution < -0.4 is 5.32 Å². The minimum Gasteiger partial charge on any atom is -0.380 e. The van der Waals surface area contributed by atoms with Crippen molar-refractivity contribution in [2.24, 2.45) is 0 Å². The van der Waals surface area contributed by atoms with Crippen LogP contribution in [0, 0.1) is 0 Å². The van der Waals surface area contributed by atoms with E-state index in [9.17, 15) is 4.79 Å². The molecule has 0 aromatic carbocycles. The third kappa shape index (κ3) is 4.49. The van der Waals surface area contributed by atoms with Crippen molar-refractivity contribution in [1.29, 1.82) is 0 Å². The van der Waals surface area contributed by atoms with Crippen LogP contribution in [0.25, 0.3) is 0 Å². The predicted octanol–water partition coefficient (Wildman–Crippen LogP) is 1.01. The van der Waals surface area contributed by atoms with Crippen LogP contribution in [0.15, 0.2) is 0 Å². The van der Waals surface area contributed by atoms with E-state index in [1.165, 1.54) is 12.8 Å². The van der Waals surface area contributed by atoms with Gasteiger partial charge in [0.15, 0.2) is 0 Å². The molecule has 1 saturated carbocycles. The highest BCUT2D eigenvalue weighted by molar-refractivity contribution is 5.78. The van der Waals surface area contributed by atoms with E-state index >= 15 is 0 Å². The Hall–Kier alpha value is -0.610. The maximum Gasteiger partial charge on any atom is 0.236 e. The van der Waals surface area contributed by atoms with Gasteiger partial charge in [-0.25, -0.2) is 0 Å². The summed E-state index contributed by atoms with van der Waals surface area (Å²) in [7, 11) is 0. The predicted molar refractivity (Wildman–Crippen MR) is 64.4 cm³/mol. The van der Waals surface area contributed by atoms with Crippen molar-refractivity contribution >= 4 is 5.91 Å². The fraction of sp³-hybridized carbons (Fsp3) is 0.917. The van der Waals surface area contributed by atoms with Gasteiger partial charge >= 0.3 is 0 Å². The van der Waals surface area contributed by atoms with Crippen LogP contribution in [-0.2, 0) is 9.53 Å². The van der Waals surface area contributed by atoms with Gasteiger partial charge in [0, 0.05) is 25.2 Å². The molecule has 0 aromatic heterocycles. The fourth-order valence-electron chi connectivity index (χ4n) is 1.74. The van der Waals surface area contributed by atoms with Crippen molar-refractivity contribution in [3.8, 4) is 0 Å². The Kier molecular flexibility index (Phi) is 5.77. The summed E-state index contributed by atoms with van der Waals surface area (Å²) in [6.45, 7) is 8.70. The lowest BCUT2D eigenvalue weighted by molar-refractivity contribution is -0.130. The number of likely N-dealkylation sites (N-methyl/N-ethyl adjacent to an activating group) is 1. The van der Waals surface area contributed by atoms with E-state index in [2.05, 4.69) is 5.32 Å². The molecule has 4 nitrogen and oxygen atoms in total. The standard InChI is InChI=1S/C12H24N2O2/c1-4-14(11-6-7-11)12(15)8-13-10(3)9-16-5-2/h10-11,13H,4-9H2,1-3H3. The summed E-state index contributed by atoms with van der Waals surface area (Å²) in [6.07, 6.45) is 2.35. The summed E-state index contributed by atoms with van der Waals surface area (Å²) in [5.41, 5.74) is 0. The second-order valence-electron chi connectivity index (χ2n) is 4.35. The van der Waals surface area contributed by atoms with Crippen molar-refractivity contribution in [3.05, 3.63) is 0 Å². The molecule has 0 radical (unpaired) electrons. The number of carbonyl (C=O) groups excluding carboxylic acids is 1. The number of hydrogen-bond donors (Lipinski definition) is 1. The molecule has 1 N–H and O–H groups in total. The smallest absolute Gasteiger partial charge is 0.236 e. The van der Waals surface area contributed by atoms with Crippen molar-refractivity contribution in [1.82, 2.24) is 10.2 Å². The normalized spacial score (nSPS) is 17.2. The molecule has 1 atom stereocenters. The summed E-state index contributed by atoms with van der Waals surface area (Å²) in [4.78, 5) is 13.8. The molecule has 1 aliphatic carbocycles. The van der Waals surface area contributed by atoms with Crippen LogP contribution >= 0.6 is 0 Å². The molecule has 0 aliphatic heterocycles. The molecule has 0 heterocycles. The maximum atomic E-state index is 11.9. The Labute approximate surface area is 98.3 Å². The van der Waals surface area contributed by atoms with Gasteiger partial charge in [0.25, 0.3) is 0 Å². The SMILES string of the molecule is CCOCC(C)NCC(=O)N(CC)C1CC1. The number of nitrogens with one attached hydrogen (secondary N) is 1. The largest absolute Gasteiger partial charge is 0.380 e. The van der Waals surface area contributed by atoms with Crippen LogP contribution in [0.4, 0.5) is 0 Å². The van der Waals surface area contributed by atoms with Crippen LogP contribution in [0.2, 0.25) is 0 Å². The van der Waals surface area contributed by atoms with Gasteiger partial charge in [-0.2, -0.15) is 0 Å². The zero-order valence-corrected chi connectivity index (χ0v) is 10.7. The van der Waals surface area contributed by atoms with Crippen molar-refractivity contribution in [2.45, 2.75) is 45.7 Å². The summed E-state index contributed by atoms with van der Waals surface area (Å²) >= 11 is 0. The fourth-order valence-corrected chi connectivity index (χ4v) is 1.74. The van der Waals surface area contributed by atoms with Gasteiger partial charge in [0.2, 0.25) is 5.91 Å². The zero-order valence-electron chi connectivity index (χ0n) is 10.7. The molecule has 1 rings (SSSR count). The molecular weight excluding hydrogens is 204 g/mol. The zero-order chi connectivity index (χ0) is 12.0. The molecular formula is C12H24N2O2. The van der Waals surface area contributed by atoms with Crippen LogP contribution in [-0.4, -0.2) is 49.2 Å². The molecule has 16 heavy (non-hydrogen) atoms. The molecule has 1 fully saturated rings. The highest BCUT2D eigenvalue weighted by atomic mass is 16.5. The summed E-state index contributed by atoms with van der Waals surface area (Å²) in [5, 5.41) is 3.20. The second kappa shape index (κ2) is 6.86. The van der Waals surface area contributed by atoms with Gasteiger partial charge in [-0.05, 0) is 33.6 Å². The highest BCUT2D eigenvalue weighted by Gasteiger charge is 2.30. The lowest BCUT2D eigenvalue weighted by atomic mass is 10.3. The lowest BCUT2D eigenvalue weighted by Gasteiger charge is -2.22. The number of carbonyl (C=O) groups is 1. The monoisotopic (exact) mass is 228 g/mol. The second-order valence-corrected chi connectivity index (χ2v) is 4.35. The number of ether oxygens (including phenoxy) is 1. The molecule has 4 heteroatoms. The van der Waals surface area contributed by atoms with Crippen molar-refractivity contribution < 1.29 is 9.53 Å². The Morgan fingerprint density at radius 2 is 2.19 bits per heavy atom. The maximum absolute atomic E-state index is 11.9. The number of nitrogens with zero attached hydrogens (tertiary/aromatic N) is 1. The molecule has 0 aromatic rings. The molecule has 1 unspecified atom stereocenters. The van der Waals surface area contributed by atoms with Gasteiger partial charge in [0.05, 0.1) is 13.2 Å². The van der Waals surface area contributed by atoms with Crippen LogP contribution in [0.1, 0.15) is 33.6 Å². The van der Waals surface area contributed by atoms with Gasteiger partial charge in [-0.3, -0.25) is 4.79 Å². The van der Waals surface area contributed by atoms with E-state index in [0.29, 0.717) is 19.2 Å². The average molecular weight is 228 g/mol. The number of rotatable bonds is 8. The third-order valence-corrected chi connectivity index (χ3v) is 2.82. The minimum atomic E-state index is 0.216. The minimum absolute atomic E-state index is 0.216. The molecule has 0 saturated heterocycles.